The molecule has 0 atom stereocenters. The Kier molecular flexibility index (Phi) is 4.66. The molecule has 0 aromatic heterocycles. The fraction of sp³-hybridized carbons (Fsp3) is 0.500. The summed E-state index contributed by atoms with van der Waals surface area (Å²) >= 11 is 0. The largest absolute Gasteiger partial charge is 0.508 e. The summed E-state index contributed by atoms with van der Waals surface area (Å²) in [5, 5.41) is 9.42. The van der Waals surface area contributed by atoms with E-state index in [0.29, 0.717) is 5.75 Å². The van der Waals surface area contributed by atoms with E-state index in [2.05, 4.69) is 33.8 Å². The van der Waals surface area contributed by atoms with E-state index in [1.807, 2.05) is 12.1 Å². The third-order valence-corrected chi connectivity index (χ3v) is 7.81. The summed E-state index contributed by atoms with van der Waals surface area (Å²) in [7, 11) is -0.917. The fourth-order valence-electron chi connectivity index (χ4n) is 1.87. The van der Waals surface area contributed by atoms with Crippen molar-refractivity contribution in [2.45, 2.75) is 20.8 Å². The van der Waals surface area contributed by atoms with Crippen molar-refractivity contribution in [1.82, 2.24) is 0 Å². The van der Waals surface area contributed by atoms with Gasteiger partial charge in [-0.3, -0.25) is 0 Å². The van der Waals surface area contributed by atoms with Crippen LogP contribution in [0.5, 0.6) is 5.75 Å². The Morgan fingerprint density at radius 1 is 1.13 bits per heavy atom. The first-order valence-corrected chi connectivity index (χ1v) is 8.08. The average Bonchev–Trinajstić information content (AvgIpc) is 2.26. The van der Waals surface area contributed by atoms with Crippen LogP contribution >= 0.6 is 7.14 Å². The van der Waals surface area contributed by atoms with E-state index in [9.17, 15) is 5.11 Å². The van der Waals surface area contributed by atoms with Crippen LogP contribution in [0.4, 0.5) is 0 Å². The normalized spacial score (nSPS) is 11.4. The molecule has 0 bridgehead atoms. The Morgan fingerprint density at radius 3 is 2.20 bits per heavy atom. The van der Waals surface area contributed by atoms with Crippen molar-refractivity contribution in [3.63, 3.8) is 0 Å². The first-order chi connectivity index (χ1) is 7.15. The van der Waals surface area contributed by atoms with Crippen LogP contribution in [0.2, 0.25) is 0 Å². The zero-order valence-electron chi connectivity index (χ0n) is 9.90. The Bertz CT molecular complexity index is 302. The van der Waals surface area contributed by atoms with Crippen LogP contribution in [0.1, 0.15) is 20.8 Å². The number of benzene rings is 1. The lowest BCUT2D eigenvalue weighted by Gasteiger charge is -2.22. The Morgan fingerprint density at radius 2 is 1.73 bits per heavy atom. The number of phenolic OH excluding ortho intramolecular Hbond substituents is 1. The number of aromatic hydroxyl groups is 1. The molecule has 1 nitrogen and oxygen atoms in total. The predicted octanol–water partition coefficient (Wildman–Crippen LogP) is 2.71. The SMILES string of the molecule is CC[P+]([B]c1cccc(O)c1)(CC)CC. The summed E-state index contributed by atoms with van der Waals surface area (Å²) in [6.07, 6.45) is 3.78. The van der Waals surface area contributed by atoms with Crippen LogP contribution in [0.3, 0.4) is 0 Å². The summed E-state index contributed by atoms with van der Waals surface area (Å²) in [6.45, 7) is 9.24. The summed E-state index contributed by atoms with van der Waals surface area (Å²) < 4.78 is 0. The van der Waals surface area contributed by atoms with Gasteiger partial charge in [-0.1, -0.05) is 12.1 Å². The fourth-order valence-corrected chi connectivity index (χ4v) is 4.55. The summed E-state index contributed by atoms with van der Waals surface area (Å²) in [6, 6.07) is 7.57. The van der Waals surface area contributed by atoms with Gasteiger partial charge in [-0.2, -0.15) is 0 Å². The van der Waals surface area contributed by atoms with Crippen LogP contribution in [0.15, 0.2) is 24.3 Å². The first kappa shape index (κ1) is 12.6. The minimum Gasteiger partial charge on any atom is -0.508 e. The van der Waals surface area contributed by atoms with E-state index in [1.54, 1.807) is 6.07 Å². The molecule has 0 aliphatic rings. The van der Waals surface area contributed by atoms with Gasteiger partial charge in [0.15, 0.2) is 0 Å². The third kappa shape index (κ3) is 3.24. The smallest absolute Gasteiger partial charge is 0.395 e. The van der Waals surface area contributed by atoms with Crippen molar-refractivity contribution in [3.8, 4) is 5.75 Å². The number of hydrogen-bond donors (Lipinski definition) is 1. The minimum atomic E-state index is -0.917. The van der Waals surface area contributed by atoms with E-state index in [4.69, 9.17) is 0 Å². The van der Waals surface area contributed by atoms with Gasteiger partial charge in [0.1, 0.15) is 5.75 Å². The van der Waals surface area contributed by atoms with Crippen molar-refractivity contribution < 1.29 is 5.11 Å². The molecule has 0 aliphatic carbocycles. The topological polar surface area (TPSA) is 20.2 Å². The monoisotopic (exact) mass is 222 g/mol. The molecule has 1 N–H and O–H groups in total. The van der Waals surface area contributed by atoms with E-state index in [-0.39, 0.29) is 0 Å². The highest BCUT2D eigenvalue weighted by Gasteiger charge is 2.33. The lowest BCUT2D eigenvalue weighted by molar-refractivity contribution is 0.476. The molecule has 1 rings (SSSR count). The number of rotatable bonds is 5. The van der Waals surface area contributed by atoms with Gasteiger partial charge in [-0.15, -0.1) is 0 Å². The number of phenols is 1. The highest BCUT2D eigenvalue weighted by Crippen LogP contribution is 2.55. The molecule has 81 valence electrons. The van der Waals surface area contributed by atoms with Crippen molar-refractivity contribution >= 4 is 19.6 Å². The molecule has 1 aromatic rings. The summed E-state index contributed by atoms with van der Waals surface area (Å²) in [5.41, 5.74) is 1.17. The van der Waals surface area contributed by atoms with Crippen LogP contribution < -0.4 is 5.46 Å². The highest BCUT2D eigenvalue weighted by atomic mass is 31.2. The van der Waals surface area contributed by atoms with E-state index >= 15 is 0 Å². The van der Waals surface area contributed by atoms with Gasteiger partial charge in [0.05, 0.1) is 0 Å². The molecule has 0 saturated carbocycles. The molecular formula is C12H20BOP+. The maximum Gasteiger partial charge on any atom is 0.395 e. The predicted molar refractivity (Wildman–Crippen MR) is 72.0 cm³/mol. The van der Waals surface area contributed by atoms with Crippen LogP contribution in [0.25, 0.3) is 0 Å². The maximum absolute atomic E-state index is 9.42. The molecule has 1 radical (unpaired) electrons. The molecule has 0 heterocycles. The Labute approximate surface area is 94.4 Å². The second kappa shape index (κ2) is 5.56. The first-order valence-electron chi connectivity index (χ1n) is 5.66. The second-order valence-electron chi connectivity index (χ2n) is 3.89. The van der Waals surface area contributed by atoms with Gasteiger partial charge in [0.2, 0.25) is 0 Å². The van der Waals surface area contributed by atoms with Crippen LogP contribution in [-0.4, -0.2) is 30.6 Å². The molecular weight excluding hydrogens is 202 g/mol. The summed E-state index contributed by atoms with van der Waals surface area (Å²) in [5.74, 6) is 0.366. The molecule has 0 aliphatic heterocycles. The van der Waals surface area contributed by atoms with Gasteiger partial charge >= 0.3 is 7.00 Å². The van der Waals surface area contributed by atoms with Crippen LogP contribution in [0, 0.1) is 0 Å². The molecule has 0 saturated heterocycles. The van der Waals surface area contributed by atoms with E-state index in [0.717, 1.165) is 0 Å². The highest BCUT2D eigenvalue weighted by molar-refractivity contribution is 8.02. The van der Waals surface area contributed by atoms with Gasteiger partial charge in [0.25, 0.3) is 0 Å². The van der Waals surface area contributed by atoms with Gasteiger partial charge in [0, 0.05) is 18.5 Å². The van der Waals surface area contributed by atoms with E-state index < -0.39 is 7.14 Å². The zero-order chi connectivity index (χ0) is 11.3. The van der Waals surface area contributed by atoms with Gasteiger partial charge < -0.3 is 5.11 Å². The van der Waals surface area contributed by atoms with Crippen molar-refractivity contribution in [3.05, 3.63) is 24.3 Å². The summed E-state index contributed by atoms with van der Waals surface area (Å²) in [4.78, 5) is 0. The van der Waals surface area contributed by atoms with Crippen molar-refractivity contribution in [1.29, 1.82) is 0 Å². The van der Waals surface area contributed by atoms with Gasteiger partial charge in [-0.05, 0) is 45.5 Å². The zero-order valence-corrected chi connectivity index (χ0v) is 10.8. The van der Waals surface area contributed by atoms with Gasteiger partial charge in [-0.25, -0.2) is 0 Å². The van der Waals surface area contributed by atoms with Crippen LogP contribution in [-0.2, 0) is 0 Å². The standard InChI is InChI=1S/C12H20BOP/c1-4-15(5-2,6-3)13-11-8-7-9-12(14)10-11/h7-10,14H,4-6H2,1-3H3/q+1. The molecule has 1 aromatic carbocycles. The number of hydrogen-bond acceptors (Lipinski definition) is 1. The molecule has 0 amide bonds. The maximum atomic E-state index is 9.42. The molecule has 0 spiro atoms. The lowest BCUT2D eigenvalue weighted by atomic mass is 9.94. The van der Waals surface area contributed by atoms with E-state index in [1.165, 1.54) is 23.9 Å². The lowest BCUT2D eigenvalue weighted by Crippen LogP contribution is -2.22. The molecule has 3 heteroatoms. The molecule has 15 heavy (non-hydrogen) atoms. The second-order valence-corrected chi connectivity index (χ2v) is 8.48. The molecule has 0 fully saturated rings. The quantitative estimate of drug-likeness (QED) is 0.599. The average molecular weight is 222 g/mol. The van der Waals surface area contributed by atoms with Crippen molar-refractivity contribution in [2.75, 3.05) is 18.5 Å². The van der Waals surface area contributed by atoms with Crippen molar-refractivity contribution in [2.24, 2.45) is 0 Å². The Hall–Kier alpha value is -0.485. The Balaban J connectivity index is 2.82. The molecule has 0 unspecified atom stereocenters. The minimum absolute atomic E-state index is 0.366. The third-order valence-electron chi connectivity index (χ3n) is 3.18.